The summed E-state index contributed by atoms with van der Waals surface area (Å²) in [5.41, 5.74) is 0.391. The van der Waals surface area contributed by atoms with Gasteiger partial charge in [-0.1, -0.05) is 13.8 Å². The van der Waals surface area contributed by atoms with E-state index in [0.717, 1.165) is 25.9 Å². The lowest BCUT2D eigenvalue weighted by molar-refractivity contribution is -0.124. The normalized spacial score (nSPS) is 41.0. The molecule has 0 radical (unpaired) electrons. The fourth-order valence-electron chi connectivity index (χ4n) is 2.19. The van der Waals surface area contributed by atoms with Crippen molar-refractivity contribution in [1.29, 1.82) is 0 Å². The molecule has 1 saturated heterocycles. The topological polar surface area (TPSA) is 41.1 Å². The first-order valence-electron chi connectivity index (χ1n) is 5.67. The summed E-state index contributed by atoms with van der Waals surface area (Å²) in [6.45, 7) is 6.31. The van der Waals surface area contributed by atoms with E-state index in [0.29, 0.717) is 11.5 Å². The van der Waals surface area contributed by atoms with Gasteiger partial charge in [0.05, 0.1) is 5.92 Å². The van der Waals surface area contributed by atoms with Crippen LogP contribution in [-0.2, 0) is 4.79 Å². The van der Waals surface area contributed by atoms with Gasteiger partial charge in [0.25, 0.3) is 0 Å². The van der Waals surface area contributed by atoms with Crippen LogP contribution in [0.25, 0.3) is 0 Å². The monoisotopic (exact) mass is 196 g/mol. The molecular weight excluding hydrogens is 176 g/mol. The van der Waals surface area contributed by atoms with E-state index in [1.807, 2.05) is 0 Å². The summed E-state index contributed by atoms with van der Waals surface area (Å²) in [6.07, 6.45) is 3.33. The molecule has 0 aromatic rings. The molecule has 2 fully saturated rings. The minimum Gasteiger partial charge on any atom is -0.353 e. The number of carbonyl (C=O) groups excluding carboxylic acids is 1. The number of hydrogen-bond donors (Lipinski definition) is 2. The fourth-order valence-corrected chi connectivity index (χ4v) is 2.19. The molecule has 3 atom stereocenters. The lowest BCUT2D eigenvalue weighted by Crippen LogP contribution is -2.35. The number of hydrogen-bond acceptors (Lipinski definition) is 2. The Balaban J connectivity index is 1.79. The Labute approximate surface area is 85.6 Å². The van der Waals surface area contributed by atoms with Gasteiger partial charge in [-0.15, -0.1) is 0 Å². The largest absolute Gasteiger partial charge is 0.353 e. The zero-order chi connectivity index (χ0) is 10.2. The zero-order valence-electron chi connectivity index (χ0n) is 9.10. The highest BCUT2D eigenvalue weighted by atomic mass is 16.2. The summed E-state index contributed by atoms with van der Waals surface area (Å²) in [4.78, 5) is 11.7. The third kappa shape index (κ3) is 1.78. The molecule has 0 spiro atoms. The van der Waals surface area contributed by atoms with Crippen LogP contribution < -0.4 is 10.6 Å². The maximum Gasteiger partial charge on any atom is 0.224 e. The van der Waals surface area contributed by atoms with E-state index in [-0.39, 0.29) is 11.8 Å². The Morgan fingerprint density at radius 3 is 2.93 bits per heavy atom. The fraction of sp³-hybridized carbons (Fsp3) is 0.909. The molecule has 1 amide bonds. The molecule has 14 heavy (non-hydrogen) atoms. The van der Waals surface area contributed by atoms with E-state index in [1.54, 1.807) is 0 Å². The molecule has 1 aliphatic heterocycles. The minimum absolute atomic E-state index is 0.219. The van der Waals surface area contributed by atoms with Gasteiger partial charge in [0, 0.05) is 12.6 Å². The van der Waals surface area contributed by atoms with Crippen LogP contribution in [0.2, 0.25) is 0 Å². The first kappa shape index (κ1) is 9.97. The molecule has 0 bridgehead atoms. The Hall–Kier alpha value is -0.570. The molecule has 3 heteroatoms. The Morgan fingerprint density at radius 2 is 2.43 bits per heavy atom. The maximum absolute atomic E-state index is 11.7. The predicted octanol–water partition coefficient (Wildman–Crippen LogP) is 0.901. The van der Waals surface area contributed by atoms with Gasteiger partial charge in [-0.05, 0) is 31.2 Å². The van der Waals surface area contributed by atoms with Crippen molar-refractivity contribution in [3.05, 3.63) is 0 Å². The van der Waals surface area contributed by atoms with Crippen LogP contribution in [0, 0.1) is 11.3 Å². The first-order chi connectivity index (χ1) is 6.65. The smallest absolute Gasteiger partial charge is 0.224 e. The van der Waals surface area contributed by atoms with E-state index in [2.05, 4.69) is 24.5 Å². The van der Waals surface area contributed by atoms with Gasteiger partial charge in [0.15, 0.2) is 0 Å². The second kappa shape index (κ2) is 3.54. The van der Waals surface area contributed by atoms with E-state index in [1.165, 1.54) is 6.42 Å². The molecule has 2 rings (SSSR count). The number of carbonyl (C=O) groups is 1. The third-order valence-corrected chi connectivity index (χ3v) is 3.91. The number of nitrogens with one attached hydrogen (secondary N) is 2. The van der Waals surface area contributed by atoms with Crippen LogP contribution in [0.1, 0.15) is 33.1 Å². The lowest BCUT2D eigenvalue weighted by atomic mass is 10.1. The Morgan fingerprint density at radius 1 is 1.64 bits per heavy atom. The van der Waals surface area contributed by atoms with Gasteiger partial charge in [-0.2, -0.15) is 0 Å². The second-order valence-electron chi connectivity index (χ2n) is 4.96. The van der Waals surface area contributed by atoms with Crippen molar-refractivity contribution in [2.24, 2.45) is 11.3 Å². The van der Waals surface area contributed by atoms with E-state index in [9.17, 15) is 4.79 Å². The minimum atomic E-state index is 0.219. The quantitative estimate of drug-likeness (QED) is 0.704. The molecule has 3 unspecified atom stereocenters. The molecule has 2 N–H and O–H groups in total. The molecule has 80 valence electrons. The highest BCUT2D eigenvalue weighted by molar-refractivity contribution is 5.80. The van der Waals surface area contributed by atoms with Crippen LogP contribution in [0.3, 0.4) is 0 Å². The van der Waals surface area contributed by atoms with Crippen LogP contribution >= 0.6 is 0 Å². The zero-order valence-corrected chi connectivity index (χ0v) is 9.10. The van der Waals surface area contributed by atoms with E-state index < -0.39 is 0 Å². The average Bonchev–Trinajstić information content (AvgIpc) is 2.67. The summed E-state index contributed by atoms with van der Waals surface area (Å²) in [5.74, 6) is 0.480. The van der Waals surface area contributed by atoms with Gasteiger partial charge in [0.2, 0.25) is 5.91 Å². The molecular formula is C11H20N2O. The SMILES string of the molecule is CCC1(C)CC1NC(=O)C1CCNC1. The predicted molar refractivity (Wildman–Crippen MR) is 55.9 cm³/mol. The third-order valence-electron chi connectivity index (χ3n) is 3.91. The van der Waals surface area contributed by atoms with Gasteiger partial charge in [0.1, 0.15) is 0 Å². The van der Waals surface area contributed by atoms with Gasteiger partial charge in [-0.3, -0.25) is 4.79 Å². The Kier molecular flexibility index (Phi) is 2.52. The summed E-state index contributed by atoms with van der Waals surface area (Å²) < 4.78 is 0. The van der Waals surface area contributed by atoms with E-state index in [4.69, 9.17) is 0 Å². The van der Waals surface area contributed by atoms with E-state index >= 15 is 0 Å². The van der Waals surface area contributed by atoms with Crippen LogP contribution in [0.15, 0.2) is 0 Å². The molecule has 1 saturated carbocycles. The number of rotatable bonds is 3. The van der Waals surface area contributed by atoms with Crippen LogP contribution in [0.5, 0.6) is 0 Å². The summed E-state index contributed by atoms with van der Waals surface area (Å²) in [5, 5.41) is 6.38. The van der Waals surface area contributed by atoms with Gasteiger partial charge >= 0.3 is 0 Å². The van der Waals surface area contributed by atoms with Crippen LogP contribution in [-0.4, -0.2) is 25.0 Å². The standard InChI is InChI=1S/C11H20N2O/c1-3-11(2)6-9(11)13-10(14)8-4-5-12-7-8/h8-9,12H,3-7H2,1-2H3,(H,13,14). The molecule has 3 nitrogen and oxygen atoms in total. The molecule has 1 heterocycles. The molecule has 0 aromatic heterocycles. The highest BCUT2D eigenvalue weighted by Crippen LogP contribution is 2.48. The first-order valence-corrected chi connectivity index (χ1v) is 5.67. The van der Waals surface area contributed by atoms with Crippen molar-refractivity contribution >= 4 is 5.91 Å². The van der Waals surface area contributed by atoms with Crippen molar-refractivity contribution in [2.45, 2.75) is 39.2 Å². The van der Waals surface area contributed by atoms with Crippen molar-refractivity contribution in [2.75, 3.05) is 13.1 Å². The number of amides is 1. The summed E-state index contributed by atoms with van der Waals surface area (Å²) in [6, 6.07) is 0.445. The lowest BCUT2D eigenvalue weighted by Gasteiger charge is -2.12. The average molecular weight is 196 g/mol. The van der Waals surface area contributed by atoms with Crippen molar-refractivity contribution in [3.8, 4) is 0 Å². The van der Waals surface area contributed by atoms with Crippen molar-refractivity contribution in [3.63, 3.8) is 0 Å². The maximum atomic E-state index is 11.7. The second-order valence-corrected chi connectivity index (χ2v) is 4.96. The van der Waals surface area contributed by atoms with Gasteiger partial charge < -0.3 is 10.6 Å². The molecule has 1 aliphatic carbocycles. The Bertz CT molecular complexity index is 235. The summed E-state index contributed by atoms with van der Waals surface area (Å²) in [7, 11) is 0. The van der Waals surface area contributed by atoms with Crippen LogP contribution in [0.4, 0.5) is 0 Å². The molecule has 2 aliphatic rings. The van der Waals surface area contributed by atoms with Crippen molar-refractivity contribution < 1.29 is 4.79 Å². The highest BCUT2D eigenvalue weighted by Gasteiger charge is 2.49. The summed E-state index contributed by atoms with van der Waals surface area (Å²) >= 11 is 0. The molecule has 0 aromatic carbocycles. The van der Waals surface area contributed by atoms with Gasteiger partial charge in [-0.25, -0.2) is 0 Å². The van der Waals surface area contributed by atoms with Crippen molar-refractivity contribution in [1.82, 2.24) is 10.6 Å².